The van der Waals surface area contributed by atoms with Gasteiger partial charge in [0.15, 0.2) is 9.84 Å². The Morgan fingerprint density at radius 3 is 2.76 bits per heavy atom. The third-order valence-corrected chi connectivity index (χ3v) is 6.59. The molecule has 1 aromatic rings. The van der Waals surface area contributed by atoms with Crippen LogP contribution in [0.15, 0.2) is 30.9 Å². The van der Waals surface area contributed by atoms with Gasteiger partial charge in [0.25, 0.3) is 5.91 Å². The van der Waals surface area contributed by atoms with E-state index in [0.717, 1.165) is 17.7 Å². The number of sulfone groups is 1. The summed E-state index contributed by atoms with van der Waals surface area (Å²) >= 11 is 0. The van der Waals surface area contributed by atoms with Crippen LogP contribution in [0.3, 0.4) is 0 Å². The standard InChI is InChI=1S/C18H22N2O4S/c1-3-8-20(16-7-10-25(23,24)12-16)18(22)15-4-5-17-14(11-15)6-9-19(17)13(2)21/h3-5,11,16H,1,6-10,12H2,2H3. The third kappa shape index (κ3) is 3.46. The molecule has 0 N–H and O–H groups in total. The Morgan fingerprint density at radius 1 is 1.40 bits per heavy atom. The summed E-state index contributed by atoms with van der Waals surface area (Å²) in [5.74, 6) is -0.0697. The Labute approximate surface area is 148 Å². The number of carbonyl (C=O) groups excluding carboxylic acids is 2. The van der Waals surface area contributed by atoms with Gasteiger partial charge in [0.1, 0.15) is 0 Å². The predicted molar refractivity (Wildman–Crippen MR) is 96.5 cm³/mol. The van der Waals surface area contributed by atoms with Crippen molar-refractivity contribution in [2.24, 2.45) is 0 Å². The first-order valence-electron chi connectivity index (χ1n) is 8.35. The average molecular weight is 362 g/mol. The van der Waals surface area contributed by atoms with E-state index in [2.05, 4.69) is 6.58 Å². The van der Waals surface area contributed by atoms with Crippen LogP contribution in [0.2, 0.25) is 0 Å². The number of anilines is 1. The zero-order valence-electron chi connectivity index (χ0n) is 14.3. The van der Waals surface area contributed by atoms with Crippen LogP contribution in [-0.4, -0.2) is 55.8 Å². The fourth-order valence-corrected chi connectivity index (χ4v) is 5.32. The van der Waals surface area contributed by atoms with Crippen molar-refractivity contribution in [3.8, 4) is 0 Å². The normalized spacial score (nSPS) is 21.0. The number of nitrogens with zero attached hydrogens (tertiary/aromatic N) is 2. The molecule has 1 fully saturated rings. The fourth-order valence-electron chi connectivity index (χ4n) is 3.59. The SMILES string of the molecule is C=CCN(C(=O)c1ccc2c(c1)CCN2C(C)=O)C1CCS(=O)(=O)C1. The molecular weight excluding hydrogens is 340 g/mol. The molecule has 1 saturated heterocycles. The summed E-state index contributed by atoms with van der Waals surface area (Å²) in [6, 6.07) is 5.02. The molecule has 6 nitrogen and oxygen atoms in total. The fraction of sp³-hybridized carbons (Fsp3) is 0.444. The number of rotatable bonds is 4. The first kappa shape index (κ1) is 17.7. The Balaban J connectivity index is 1.86. The number of amides is 2. The molecule has 2 heterocycles. The van der Waals surface area contributed by atoms with Crippen LogP contribution in [-0.2, 0) is 21.1 Å². The van der Waals surface area contributed by atoms with Crippen molar-refractivity contribution in [2.45, 2.75) is 25.8 Å². The minimum Gasteiger partial charge on any atom is -0.331 e. The van der Waals surface area contributed by atoms with Crippen molar-refractivity contribution in [3.63, 3.8) is 0 Å². The molecule has 25 heavy (non-hydrogen) atoms. The smallest absolute Gasteiger partial charge is 0.254 e. The highest BCUT2D eigenvalue weighted by molar-refractivity contribution is 7.91. The lowest BCUT2D eigenvalue weighted by atomic mass is 10.1. The number of carbonyl (C=O) groups is 2. The van der Waals surface area contributed by atoms with Gasteiger partial charge in [-0.1, -0.05) is 6.08 Å². The van der Waals surface area contributed by atoms with Gasteiger partial charge < -0.3 is 9.80 Å². The monoisotopic (exact) mass is 362 g/mol. The van der Waals surface area contributed by atoms with E-state index in [0.29, 0.717) is 25.1 Å². The van der Waals surface area contributed by atoms with Gasteiger partial charge in [-0.15, -0.1) is 6.58 Å². The highest BCUT2D eigenvalue weighted by Crippen LogP contribution is 2.30. The first-order valence-corrected chi connectivity index (χ1v) is 10.2. The predicted octanol–water partition coefficient (Wildman–Crippen LogP) is 1.41. The van der Waals surface area contributed by atoms with Crippen LogP contribution >= 0.6 is 0 Å². The van der Waals surface area contributed by atoms with Gasteiger partial charge in [-0.05, 0) is 36.6 Å². The topological polar surface area (TPSA) is 74.8 Å². The molecule has 0 aromatic heterocycles. The second-order valence-corrected chi connectivity index (χ2v) is 8.80. The van der Waals surface area contributed by atoms with E-state index in [1.54, 1.807) is 28.0 Å². The molecule has 2 amide bonds. The van der Waals surface area contributed by atoms with Crippen molar-refractivity contribution in [2.75, 3.05) is 29.5 Å². The maximum Gasteiger partial charge on any atom is 0.254 e. The first-order chi connectivity index (χ1) is 11.8. The lowest BCUT2D eigenvalue weighted by molar-refractivity contribution is -0.116. The van der Waals surface area contributed by atoms with E-state index in [-0.39, 0.29) is 29.4 Å². The van der Waals surface area contributed by atoms with Gasteiger partial charge >= 0.3 is 0 Å². The second kappa shape index (κ2) is 6.63. The van der Waals surface area contributed by atoms with Gasteiger partial charge in [-0.2, -0.15) is 0 Å². The van der Waals surface area contributed by atoms with E-state index in [1.807, 2.05) is 6.07 Å². The molecule has 7 heteroatoms. The van der Waals surface area contributed by atoms with E-state index in [1.165, 1.54) is 6.92 Å². The van der Waals surface area contributed by atoms with Gasteiger partial charge in [0, 0.05) is 37.3 Å². The molecule has 134 valence electrons. The lowest BCUT2D eigenvalue weighted by Crippen LogP contribution is -2.41. The molecule has 1 atom stereocenters. The van der Waals surface area contributed by atoms with Crippen molar-refractivity contribution in [1.29, 1.82) is 0 Å². The van der Waals surface area contributed by atoms with Gasteiger partial charge in [0.05, 0.1) is 11.5 Å². The largest absolute Gasteiger partial charge is 0.331 e. The van der Waals surface area contributed by atoms with Crippen molar-refractivity contribution in [1.82, 2.24) is 4.90 Å². The van der Waals surface area contributed by atoms with Crippen LogP contribution in [0.1, 0.15) is 29.3 Å². The quantitative estimate of drug-likeness (QED) is 0.759. The van der Waals surface area contributed by atoms with E-state index < -0.39 is 9.84 Å². The van der Waals surface area contributed by atoms with Crippen LogP contribution in [0.5, 0.6) is 0 Å². The molecule has 0 bridgehead atoms. The molecule has 2 aliphatic heterocycles. The maximum absolute atomic E-state index is 13.0. The summed E-state index contributed by atoms with van der Waals surface area (Å²) in [5, 5.41) is 0. The Hall–Kier alpha value is -2.15. The highest BCUT2D eigenvalue weighted by Gasteiger charge is 2.35. The van der Waals surface area contributed by atoms with Crippen LogP contribution in [0.4, 0.5) is 5.69 Å². The number of fused-ring (bicyclic) bond motifs is 1. The molecule has 3 rings (SSSR count). The molecule has 1 unspecified atom stereocenters. The third-order valence-electron chi connectivity index (χ3n) is 4.84. The number of hydrogen-bond donors (Lipinski definition) is 0. The number of benzene rings is 1. The molecular formula is C18H22N2O4S. The Kier molecular flexibility index (Phi) is 4.69. The average Bonchev–Trinajstić information content (AvgIpc) is 3.14. The van der Waals surface area contributed by atoms with Crippen molar-refractivity contribution < 1.29 is 18.0 Å². The van der Waals surface area contributed by atoms with Gasteiger partial charge in [-0.3, -0.25) is 9.59 Å². The summed E-state index contributed by atoms with van der Waals surface area (Å²) in [6.07, 6.45) is 2.80. The van der Waals surface area contributed by atoms with E-state index in [9.17, 15) is 18.0 Å². The van der Waals surface area contributed by atoms with Crippen molar-refractivity contribution >= 4 is 27.3 Å². The maximum atomic E-state index is 13.0. The summed E-state index contributed by atoms with van der Waals surface area (Å²) in [4.78, 5) is 27.9. The summed E-state index contributed by atoms with van der Waals surface area (Å²) < 4.78 is 23.5. The Bertz CT molecular complexity index is 831. The van der Waals surface area contributed by atoms with E-state index in [4.69, 9.17) is 0 Å². The van der Waals surface area contributed by atoms with E-state index >= 15 is 0 Å². The van der Waals surface area contributed by atoms with Gasteiger partial charge in [0.2, 0.25) is 5.91 Å². The van der Waals surface area contributed by atoms with Crippen molar-refractivity contribution in [3.05, 3.63) is 42.0 Å². The molecule has 0 spiro atoms. The summed E-state index contributed by atoms with van der Waals surface area (Å²) in [7, 11) is -3.07. The Morgan fingerprint density at radius 2 is 2.16 bits per heavy atom. The molecule has 2 aliphatic rings. The zero-order valence-corrected chi connectivity index (χ0v) is 15.1. The second-order valence-electron chi connectivity index (χ2n) is 6.57. The molecule has 0 aliphatic carbocycles. The highest BCUT2D eigenvalue weighted by atomic mass is 32.2. The van der Waals surface area contributed by atoms with Crippen LogP contribution in [0, 0.1) is 0 Å². The minimum atomic E-state index is -3.07. The summed E-state index contributed by atoms with van der Waals surface area (Å²) in [5.41, 5.74) is 2.34. The minimum absolute atomic E-state index is 0.00956. The molecule has 0 saturated carbocycles. The zero-order chi connectivity index (χ0) is 18.2. The van der Waals surface area contributed by atoms with Crippen LogP contribution < -0.4 is 4.90 Å². The number of hydrogen-bond acceptors (Lipinski definition) is 4. The lowest BCUT2D eigenvalue weighted by Gasteiger charge is -2.27. The summed E-state index contributed by atoms with van der Waals surface area (Å²) in [6.45, 7) is 6.15. The molecule has 1 aromatic carbocycles. The molecule has 0 radical (unpaired) electrons. The van der Waals surface area contributed by atoms with Crippen LogP contribution in [0.25, 0.3) is 0 Å². The van der Waals surface area contributed by atoms with Gasteiger partial charge in [-0.25, -0.2) is 8.42 Å².